The van der Waals surface area contributed by atoms with Gasteiger partial charge in [-0.05, 0) is 36.4 Å². The topological polar surface area (TPSA) is 9.23 Å². The van der Waals surface area contributed by atoms with Crippen LogP contribution in [0.1, 0.15) is 0 Å². The van der Waals surface area contributed by atoms with Gasteiger partial charge in [0.2, 0.25) is 0 Å². The molecule has 2 aromatic rings. The first-order valence-corrected chi connectivity index (χ1v) is 5.98. The molecule has 0 aromatic heterocycles. The van der Waals surface area contributed by atoms with E-state index in [1.807, 2.05) is 0 Å². The zero-order chi connectivity index (χ0) is 13.2. The maximum Gasteiger partial charge on any atom is 1.00 e. The molecule has 0 atom stereocenters. The van der Waals surface area contributed by atoms with Crippen molar-refractivity contribution in [2.75, 3.05) is 0 Å². The molecule has 2 rings (SSSR count). The monoisotopic (exact) mass is 354 g/mol. The molecule has 0 spiro atoms. The van der Waals surface area contributed by atoms with Crippen LogP contribution in [0.3, 0.4) is 0 Å². The SMILES string of the molecule is F[B-](F)(F)c1ccc(Oc2ccc(Br)cc2)cc1.[K+]. The summed E-state index contributed by atoms with van der Waals surface area (Å²) in [6.07, 6.45) is 0. The summed E-state index contributed by atoms with van der Waals surface area (Å²) in [7, 11) is 0. The van der Waals surface area contributed by atoms with Crippen LogP contribution in [0.4, 0.5) is 12.9 Å². The van der Waals surface area contributed by atoms with Gasteiger partial charge in [-0.15, -0.1) is 5.46 Å². The summed E-state index contributed by atoms with van der Waals surface area (Å²) in [4.78, 5) is 0. The normalized spacial score (nSPS) is 10.7. The van der Waals surface area contributed by atoms with Gasteiger partial charge in [0, 0.05) is 4.47 Å². The molecular formula is C12H8BBrF3KO. The summed E-state index contributed by atoms with van der Waals surface area (Å²) in [5.41, 5.74) is -0.627. The van der Waals surface area contributed by atoms with Gasteiger partial charge in [0.25, 0.3) is 0 Å². The van der Waals surface area contributed by atoms with Gasteiger partial charge in [0.05, 0.1) is 0 Å². The van der Waals surface area contributed by atoms with Crippen LogP contribution in [0, 0.1) is 0 Å². The quantitative estimate of drug-likeness (QED) is 0.755. The summed E-state index contributed by atoms with van der Waals surface area (Å²) < 4.78 is 43.5. The average Bonchev–Trinajstić information content (AvgIpc) is 2.32. The summed E-state index contributed by atoms with van der Waals surface area (Å²) >= 11 is 3.28. The molecule has 0 saturated carbocycles. The molecule has 94 valence electrons. The maximum atomic E-state index is 12.4. The van der Waals surface area contributed by atoms with E-state index in [4.69, 9.17) is 4.74 Å². The second-order valence-electron chi connectivity index (χ2n) is 3.70. The fourth-order valence-electron chi connectivity index (χ4n) is 1.39. The molecule has 0 aliphatic carbocycles. The number of hydrogen-bond donors (Lipinski definition) is 0. The predicted molar refractivity (Wildman–Crippen MR) is 69.4 cm³/mol. The molecule has 0 unspecified atom stereocenters. The molecule has 0 radical (unpaired) electrons. The Morgan fingerprint density at radius 3 is 1.63 bits per heavy atom. The van der Waals surface area contributed by atoms with Crippen LogP contribution in [0.2, 0.25) is 0 Å². The molecule has 19 heavy (non-hydrogen) atoms. The van der Waals surface area contributed by atoms with Crippen molar-refractivity contribution in [1.82, 2.24) is 0 Å². The summed E-state index contributed by atoms with van der Waals surface area (Å²) in [5, 5.41) is 0. The zero-order valence-electron chi connectivity index (χ0n) is 10.1. The van der Waals surface area contributed by atoms with Crippen molar-refractivity contribution in [2.45, 2.75) is 0 Å². The van der Waals surface area contributed by atoms with E-state index < -0.39 is 12.4 Å². The van der Waals surface area contributed by atoms with Crippen molar-refractivity contribution in [3.05, 3.63) is 53.0 Å². The van der Waals surface area contributed by atoms with Gasteiger partial charge in [-0.2, -0.15) is 0 Å². The molecule has 0 bridgehead atoms. The Balaban J connectivity index is 0.00000180. The van der Waals surface area contributed by atoms with Crippen molar-refractivity contribution in [1.29, 1.82) is 0 Å². The van der Waals surface area contributed by atoms with E-state index in [0.717, 1.165) is 16.6 Å². The molecule has 1 nitrogen and oxygen atoms in total. The number of halogens is 4. The first-order chi connectivity index (χ1) is 8.45. The molecule has 0 fully saturated rings. The molecule has 0 heterocycles. The molecule has 0 saturated heterocycles. The predicted octanol–water partition coefficient (Wildman–Crippen LogP) is 1.30. The van der Waals surface area contributed by atoms with Gasteiger partial charge in [0.15, 0.2) is 0 Å². The van der Waals surface area contributed by atoms with Crippen LogP contribution in [0.15, 0.2) is 53.0 Å². The third-order valence-electron chi connectivity index (χ3n) is 2.31. The van der Waals surface area contributed by atoms with E-state index in [-0.39, 0.29) is 51.4 Å². The molecule has 0 amide bonds. The van der Waals surface area contributed by atoms with Crippen molar-refractivity contribution in [3.63, 3.8) is 0 Å². The van der Waals surface area contributed by atoms with E-state index in [1.54, 1.807) is 24.3 Å². The Morgan fingerprint density at radius 2 is 1.21 bits per heavy atom. The largest absolute Gasteiger partial charge is 1.00 e. The Bertz CT molecular complexity index is 528. The van der Waals surface area contributed by atoms with Crippen LogP contribution < -0.4 is 61.6 Å². The fraction of sp³-hybridized carbons (Fsp3) is 0. The molecule has 0 N–H and O–H groups in total. The minimum Gasteiger partial charge on any atom is -0.457 e. The maximum absolute atomic E-state index is 12.4. The van der Waals surface area contributed by atoms with Crippen LogP contribution >= 0.6 is 15.9 Å². The molecule has 0 aliphatic rings. The van der Waals surface area contributed by atoms with Gasteiger partial charge in [-0.1, -0.05) is 28.1 Å². The summed E-state index contributed by atoms with van der Waals surface area (Å²) in [6.45, 7) is -4.95. The average molecular weight is 355 g/mol. The number of hydrogen-bond acceptors (Lipinski definition) is 1. The minimum atomic E-state index is -4.95. The summed E-state index contributed by atoms with van der Waals surface area (Å²) in [6, 6.07) is 11.7. The minimum absolute atomic E-state index is 0. The van der Waals surface area contributed by atoms with Crippen molar-refractivity contribution < 1.29 is 69.1 Å². The number of rotatable bonds is 3. The first kappa shape index (κ1) is 17.3. The van der Waals surface area contributed by atoms with Crippen LogP contribution in [-0.4, -0.2) is 6.98 Å². The number of benzene rings is 2. The van der Waals surface area contributed by atoms with Gasteiger partial charge in [-0.25, -0.2) is 0 Å². The number of ether oxygens (including phenoxy) is 1. The van der Waals surface area contributed by atoms with Crippen LogP contribution in [0.25, 0.3) is 0 Å². The zero-order valence-corrected chi connectivity index (χ0v) is 14.8. The Hall–Kier alpha value is 0.211. The second-order valence-corrected chi connectivity index (χ2v) is 4.62. The Kier molecular flexibility index (Phi) is 6.62. The van der Waals surface area contributed by atoms with Gasteiger partial charge in [0.1, 0.15) is 11.5 Å². The van der Waals surface area contributed by atoms with E-state index in [1.165, 1.54) is 12.1 Å². The standard InChI is InChI=1S/C12H8BBrF3O.K/c14-10-3-7-12(8-4-10)18-11-5-1-9(2-6-11)13(15,16)17;/h1-8H;/q-1;+1. The van der Waals surface area contributed by atoms with Crippen molar-refractivity contribution in [3.8, 4) is 11.5 Å². The van der Waals surface area contributed by atoms with Gasteiger partial charge in [-0.3, -0.25) is 0 Å². The van der Waals surface area contributed by atoms with Crippen LogP contribution in [0.5, 0.6) is 11.5 Å². The van der Waals surface area contributed by atoms with Crippen molar-refractivity contribution >= 4 is 28.4 Å². The van der Waals surface area contributed by atoms with E-state index >= 15 is 0 Å². The Labute approximate surface area is 160 Å². The van der Waals surface area contributed by atoms with E-state index in [0.29, 0.717) is 11.5 Å². The third-order valence-corrected chi connectivity index (χ3v) is 2.84. The summed E-state index contributed by atoms with van der Waals surface area (Å²) in [5.74, 6) is 0.949. The Morgan fingerprint density at radius 1 is 0.789 bits per heavy atom. The fourth-order valence-corrected chi connectivity index (χ4v) is 1.66. The van der Waals surface area contributed by atoms with E-state index in [2.05, 4.69) is 15.9 Å². The smallest absolute Gasteiger partial charge is 0.457 e. The van der Waals surface area contributed by atoms with Gasteiger partial charge < -0.3 is 17.7 Å². The second kappa shape index (κ2) is 7.29. The van der Waals surface area contributed by atoms with Crippen molar-refractivity contribution in [2.24, 2.45) is 0 Å². The first-order valence-electron chi connectivity index (χ1n) is 5.18. The third kappa shape index (κ3) is 5.24. The van der Waals surface area contributed by atoms with E-state index in [9.17, 15) is 12.9 Å². The van der Waals surface area contributed by atoms with Gasteiger partial charge >= 0.3 is 58.4 Å². The van der Waals surface area contributed by atoms with Crippen LogP contribution in [-0.2, 0) is 0 Å². The molecular weight excluding hydrogens is 347 g/mol. The molecule has 0 aliphatic heterocycles. The molecule has 7 heteroatoms. The molecule has 2 aromatic carbocycles.